The number of hydrogen-bond acceptors (Lipinski definition) is 5. The predicted octanol–water partition coefficient (Wildman–Crippen LogP) is 7.38. The third-order valence-electron chi connectivity index (χ3n) is 6.37. The number of nitrogens with zero attached hydrogens (tertiary/aromatic N) is 1. The van der Waals surface area contributed by atoms with Crippen LogP contribution in [-0.4, -0.2) is 11.6 Å². The lowest BCUT2D eigenvalue weighted by Crippen LogP contribution is -2.29. The number of benzene rings is 2. The molecule has 0 unspecified atom stereocenters. The average Bonchev–Trinajstić information content (AvgIpc) is 3.50. The van der Waals surface area contributed by atoms with Crippen molar-refractivity contribution >= 4 is 56.7 Å². The van der Waals surface area contributed by atoms with Gasteiger partial charge in [0.05, 0.1) is 11.3 Å². The van der Waals surface area contributed by atoms with E-state index in [9.17, 15) is 9.59 Å². The molecule has 0 radical (unpaired) electrons. The molecule has 2 aliphatic rings. The van der Waals surface area contributed by atoms with Crippen molar-refractivity contribution in [1.82, 2.24) is 0 Å². The van der Waals surface area contributed by atoms with E-state index in [-0.39, 0.29) is 22.6 Å². The van der Waals surface area contributed by atoms with Crippen molar-refractivity contribution in [3.63, 3.8) is 0 Å². The topological polar surface area (TPSA) is 37.4 Å². The highest BCUT2D eigenvalue weighted by Gasteiger charge is 2.39. The van der Waals surface area contributed by atoms with E-state index in [1.165, 1.54) is 22.5 Å². The fourth-order valence-electron chi connectivity index (χ4n) is 4.69. The van der Waals surface area contributed by atoms with Gasteiger partial charge in [0, 0.05) is 37.9 Å². The Bertz CT molecular complexity index is 1410. The third kappa shape index (κ3) is 2.65. The van der Waals surface area contributed by atoms with E-state index in [4.69, 9.17) is 0 Å². The lowest BCUT2D eigenvalue weighted by Gasteiger charge is -2.39. The molecule has 0 N–H and O–H groups in total. The van der Waals surface area contributed by atoms with Crippen LogP contribution in [-0.2, 0) is 5.41 Å². The number of allylic oxidation sites excluding steroid dienone is 1. The molecular weight excluding hydrogens is 434 g/mol. The first-order valence-corrected chi connectivity index (χ1v) is 12.2. The first-order valence-electron chi connectivity index (χ1n) is 10.4. The molecule has 3 nitrogen and oxygen atoms in total. The summed E-state index contributed by atoms with van der Waals surface area (Å²) in [5.74, 6) is -0.333. The molecule has 1 aliphatic heterocycles. The van der Waals surface area contributed by atoms with E-state index in [0.717, 1.165) is 21.3 Å². The first kappa shape index (κ1) is 19.4. The van der Waals surface area contributed by atoms with E-state index < -0.39 is 0 Å². The van der Waals surface area contributed by atoms with Crippen LogP contribution in [0.15, 0.2) is 77.0 Å². The Labute approximate surface area is 194 Å². The SMILES string of the molecule is CC1(C)c2ccccc2N(c2ccccc2)c2sc(C=C3C(=O)c4cscc4C3=O)cc21. The van der Waals surface area contributed by atoms with Gasteiger partial charge in [-0.3, -0.25) is 9.59 Å². The number of Topliss-reactive ketones (excluding diaryl/α,β-unsaturated/α-hetero) is 2. The Hall–Kier alpha value is -3.28. The summed E-state index contributed by atoms with van der Waals surface area (Å²) in [6.07, 6.45) is 1.78. The lowest BCUT2D eigenvalue weighted by atomic mass is 9.75. The molecule has 0 saturated carbocycles. The molecule has 0 amide bonds. The van der Waals surface area contributed by atoms with Gasteiger partial charge in [-0.15, -0.1) is 11.3 Å². The smallest absolute Gasteiger partial charge is 0.198 e. The van der Waals surface area contributed by atoms with Gasteiger partial charge in [-0.1, -0.05) is 50.2 Å². The Morgan fingerprint density at radius 3 is 2.22 bits per heavy atom. The van der Waals surface area contributed by atoms with Crippen LogP contribution in [0.2, 0.25) is 0 Å². The van der Waals surface area contributed by atoms with Crippen LogP contribution in [0.3, 0.4) is 0 Å². The number of fused-ring (bicyclic) bond motifs is 3. The van der Waals surface area contributed by atoms with Gasteiger partial charge in [0.2, 0.25) is 0 Å². The number of para-hydroxylation sites is 2. The second-order valence-electron chi connectivity index (χ2n) is 8.60. The van der Waals surface area contributed by atoms with E-state index >= 15 is 0 Å². The van der Waals surface area contributed by atoms with Crippen LogP contribution in [0.1, 0.15) is 50.6 Å². The van der Waals surface area contributed by atoms with Crippen molar-refractivity contribution in [1.29, 1.82) is 0 Å². The summed E-state index contributed by atoms with van der Waals surface area (Å²) in [4.78, 5) is 28.8. The average molecular weight is 454 g/mol. The van der Waals surface area contributed by atoms with Crippen LogP contribution in [0.4, 0.5) is 16.4 Å². The standard InChI is InChI=1S/C27H19NO2S2/c1-27(2)21-10-6-7-11-23(21)28(16-8-4-3-5-9-16)26-22(27)13-17(32-26)12-18-24(29)19-14-31-15-20(19)25(18)30/h3-15H,1-2H3. The molecule has 0 fully saturated rings. The van der Waals surface area contributed by atoms with Crippen LogP contribution in [0, 0.1) is 0 Å². The maximum absolute atomic E-state index is 12.8. The van der Waals surface area contributed by atoms with Gasteiger partial charge in [0.1, 0.15) is 5.00 Å². The van der Waals surface area contributed by atoms with Gasteiger partial charge < -0.3 is 4.90 Å². The fraction of sp³-hybridized carbons (Fsp3) is 0.111. The van der Waals surface area contributed by atoms with Crippen molar-refractivity contribution in [3.8, 4) is 0 Å². The minimum Gasteiger partial charge on any atom is -0.301 e. The van der Waals surface area contributed by atoms with E-state index in [1.54, 1.807) is 28.2 Å². The van der Waals surface area contributed by atoms with Crippen LogP contribution in [0.25, 0.3) is 6.08 Å². The summed E-state index contributed by atoms with van der Waals surface area (Å²) >= 11 is 3.02. The Kier molecular flexibility index (Phi) is 4.16. The zero-order chi connectivity index (χ0) is 22.0. The molecule has 3 heterocycles. The zero-order valence-electron chi connectivity index (χ0n) is 17.6. The maximum atomic E-state index is 12.8. The van der Waals surface area contributed by atoms with Crippen LogP contribution >= 0.6 is 22.7 Å². The molecule has 6 rings (SSSR count). The summed E-state index contributed by atoms with van der Waals surface area (Å²) in [6, 6.07) is 21.0. The highest BCUT2D eigenvalue weighted by Crippen LogP contribution is 2.55. The zero-order valence-corrected chi connectivity index (χ0v) is 19.2. The van der Waals surface area contributed by atoms with E-state index in [2.05, 4.69) is 61.2 Å². The Morgan fingerprint density at radius 2 is 1.50 bits per heavy atom. The number of thiophene rings is 2. The largest absolute Gasteiger partial charge is 0.301 e. The van der Waals surface area contributed by atoms with Gasteiger partial charge in [-0.05, 0) is 41.5 Å². The third-order valence-corrected chi connectivity index (χ3v) is 8.18. The number of rotatable bonds is 2. The van der Waals surface area contributed by atoms with Crippen LogP contribution < -0.4 is 4.90 Å². The molecule has 4 aromatic rings. The van der Waals surface area contributed by atoms with Gasteiger partial charge in [0.25, 0.3) is 0 Å². The Balaban J connectivity index is 1.54. The van der Waals surface area contributed by atoms with Gasteiger partial charge in [-0.25, -0.2) is 0 Å². The molecule has 1 aliphatic carbocycles. The van der Waals surface area contributed by atoms with Crippen molar-refractivity contribution in [2.24, 2.45) is 0 Å². The van der Waals surface area contributed by atoms with E-state index in [1.807, 2.05) is 18.2 Å². The first-order chi connectivity index (χ1) is 15.5. The number of anilines is 3. The van der Waals surface area contributed by atoms with Gasteiger partial charge >= 0.3 is 0 Å². The van der Waals surface area contributed by atoms with Crippen molar-refractivity contribution in [2.75, 3.05) is 4.90 Å². The van der Waals surface area contributed by atoms with Gasteiger partial charge in [-0.2, -0.15) is 11.3 Å². The molecule has 2 aromatic heterocycles. The number of hydrogen-bond donors (Lipinski definition) is 0. The summed E-state index contributed by atoms with van der Waals surface area (Å²) in [5, 5.41) is 4.67. The van der Waals surface area contributed by atoms with Crippen molar-refractivity contribution < 1.29 is 9.59 Å². The highest BCUT2D eigenvalue weighted by molar-refractivity contribution is 7.17. The second kappa shape index (κ2) is 6.86. The monoisotopic (exact) mass is 453 g/mol. The predicted molar refractivity (Wildman–Crippen MR) is 132 cm³/mol. The maximum Gasteiger partial charge on any atom is 0.198 e. The molecule has 0 bridgehead atoms. The minimum absolute atomic E-state index is 0.167. The van der Waals surface area contributed by atoms with Crippen molar-refractivity contribution in [2.45, 2.75) is 19.3 Å². The molecule has 2 aromatic carbocycles. The molecule has 156 valence electrons. The summed E-state index contributed by atoms with van der Waals surface area (Å²) < 4.78 is 0. The number of carbonyl (C=O) groups excluding carboxylic acids is 2. The molecule has 5 heteroatoms. The second-order valence-corrected chi connectivity index (χ2v) is 10.4. The lowest BCUT2D eigenvalue weighted by molar-refractivity contribution is 0.0990. The van der Waals surface area contributed by atoms with E-state index in [0.29, 0.717) is 11.1 Å². The molecule has 32 heavy (non-hydrogen) atoms. The number of ketones is 2. The molecule has 0 spiro atoms. The summed E-state index contributed by atoms with van der Waals surface area (Å²) in [5.41, 5.74) is 5.83. The quantitative estimate of drug-likeness (QED) is 0.235. The molecule has 0 atom stereocenters. The summed E-state index contributed by atoms with van der Waals surface area (Å²) in [6.45, 7) is 4.47. The minimum atomic E-state index is -0.202. The summed E-state index contributed by atoms with van der Waals surface area (Å²) in [7, 11) is 0. The van der Waals surface area contributed by atoms with Gasteiger partial charge in [0.15, 0.2) is 11.6 Å². The fourth-order valence-corrected chi connectivity index (χ4v) is 6.79. The molecular formula is C27H19NO2S2. The number of carbonyl (C=O) groups is 2. The normalized spacial score (nSPS) is 16.1. The highest BCUT2D eigenvalue weighted by atomic mass is 32.1. The van der Waals surface area contributed by atoms with Crippen molar-refractivity contribution in [3.05, 3.63) is 104 Å². The Morgan fingerprint density at radius 1 is 0.844 bits per heavy atom. The molecule has 0 saturated heterocycles. The van der Waals surface area contributed by atoms with Crippen LogP contribution in [0.5, 0.6) is 0 Å².